The molecule has 1 aromatic carbocycles. The normalized spacial score (nSPS) is 12.2. The van der Waals surface area contributed by atoms with Crippen LogP contribution >= 0.6 is 15.9 Å². The number of nitrogens with one attached hydrogen (secondary N) is 1. The third-order valence-electron chi connectivity index (χ3n) is 2.53. The van der Waals surface area contributed by atoms with Gasteiger partial charge in [0.2, 0.25) is 0 Å². The molecular weight excluding hydrogens is 302 g/mol. The van der Waals surface area contributed by atoms with Gasteiger partial charge in [-0.25, -0.2) is 8.78 Å². The van der Waals surface area contributed by atoms with Crippen molar-refractivity contribution in [3.05, 3.63) is 58.3 Å². The zero-order chi connectivity index (χ0) is 13.1. The van der Waals surface area contributed by atoms with Crippen LogP contribution in [0.15, 0.2) is 41.1 Å². The lowest BCUT2D eigenvalue weighted by molar-refractivity contribution is 0.616. The fourth-order valence-electron chi connectivity index (χ4n) is 1.59. The summed E-state index contributed by atoms with van der Waals surface area (Å²) in [7, 11) is 0. The maximum Gasteiger partial charge on any atom is 0.141 e. The predicted molar refractivity (Wildman–Crippen MR) is 70.3 cm³/mol. The highest BCUT2D eigenvalue weighted by Gasteiger charge is 2.09. The molecule has 0 amide bonds. The molecule has 2 nitrogen and oxygen atoms in total. The number of benzene rings is 1. The van der Waals surface area contributed by atoms with E-state index in [1.807, 2.05) is 6.92 Å². The third kappa shape index (κ3) is 3.04. The quantitative estimate of drug-likeness (QED) is 0.914. The van der Waals surface area contributed by atoms with Crippen LogP contribution in [0.1, 0.15) is 18.5 Å². The van der Waals surface area contributed by atoms with Crippen LogP contribution in [-0.4, -0.2) is 4.98 Å². The van der Waals surface area contributed by atoms with Gasteiger partial charge in [0.15, 0.2) is 0 Å². The molecule has 2 aromatic rings. The van der Waals surface area contributed by atoms with Crippen LogP contribution in [-0.2, 0) is 0 Å². The van der Waals surface area contributed by atoms with Crippen molar-refractivity contribution < 1.29 is 8.78 Å². The summed E-state index contributed by atoms with van der Waals surface area (Å²) >= 11 is 3.27. The zero-order valence-corrected chi connectivity index (χ0v) is 11.2. The molecule has 94 valence electrons. The maximum atomic E-state index is 13.0. The SMILES string of the molecule is CC(Nc1ccc(F)cc1Br)c1cncc(F)c1. The average molecular weight is 313 g/mol. The topological polar surface area (TPSA) is 24.9 Å². The van der Waals surface area contributed by atoms with Crippen LogP contribution in [0.4, 0.5) is 14.5 Å². The Bertz CT molecular complexity index is 560. The van der Waals surface area contributed by atoms with Crippen molar-refractivity contribution in [2.75, 3.05) is 5.32 Å². The molecule has 0 bridgehead atoms. The van der Waals surface area contributed by atoms with Crippen molar-refractivity contribution >= 4 is 21.6 Å². The van der Waals surface area contributed by atoms with E-state index in [1.165, 1.54) is 18.2 Å². The molecule has 1 atom stereocenters. The number of hydrogen-bond donors (Lipinski definition) is 1. The first-order valence-electron chi connectivity index (χ1n) is 5.38. The van der Waals surface area contributed by atoms with Crippen molar-refractivity contribution in [2.45, 2.75) is 13.0 Å². The molecular formula is C13H11BrF2N2. The highest BCUT2D eigenvalue weighted by Crippen LogP contribution is 2.27. The summed E-state index contributed by atoms with van der Waals surface area (Å²) in [4.78, 5) is 3.80. The van der Waals surface area contributed by atoms with E-state index in [1.54, 1.807) is 12.3 Å². The van der Waals surface area contributed by atoms with Crippen LogP contribution in [0, 0.1) is 11.6 Å². The standard InChI is InChI=1S/C13H11BrF2N2/c1-8(9-4-11(16)7-17-6-9)18-13-3-2-10(15)5-12(13)14/h2-8,18H,1H3. The molecule has 0 aliphatic heterocycles. The van der Waals surface area contributed by atoms with Crippen molar-refractivity contribution in [3.8, 4) is 0 Å². The molecule has 2 rings (SSSR count). The Labute approximate surface area is 112 Å². The van der Waals surface area contributed by atoms with E-state index < -0.39 is 0 Å². The number of anilines is 1. The highest BCUT2D eigenvalue weighted by molar-refractivity contribution is 9.10. The van der Waals surface area contributed by atoms with Gasteiger partial charge in [0.05, 0.1) is 12.2 Å². The minimum atomic E-state index is -0.376. The van der Waals surface area contributed by atoms with Gasteiger partial charge in [-0.2, -0.15) is 0 Å². The van der Waals surface area contributed by atoms with Crippen molar-refractivity contribution in [3.63, 3.8) is 0 Å². The minimum Gasteiger partial charge on any atom is -0.378 e. The average Bonchev–Trinajstić information content (AvgIpc) is 2.32. The van der Waals surface area contributed by atoms with Gasteiger partial charge in [0.25, 0.3) is 0 Å². The number of nitrogens with zero attached hydrogens (tertiary/aromatic N) is 1. The number of halogens is 3. The zero-order valence-electron chi connectivity index (χ0n) is 9.62. The fraction of sp³-hybridized carbons (Fsp3) is 0.154. The van der Waals surface area contributed by atoms with Crippen molar-refractivity contribution in [1.29, 1.82) is 0 Å². The number of hydrogen-bond acceptors (Lipinski definition) is 2. The second-order valence-corrected chi connectivity index (χ2v) is 4.78. The minimum absolute atomic E-state index is 0.130. The van der Waals surface area contributed by atoms with Crippen LogP contribution in [0.3, 0.4) is 0 Å². The molecule has 0 aliphatic rings. The Balaban J connectivity index is 2.18. The molecule has 0 fully saturated rings. The Morgan fingerprint density at radius 2 is 1.94 bits per heavy atom. The lowest BCUT2D eigenvalue weighted by Crippen LogP contribution is -2.07. The highest BCUT2D eigenvalue weighted by atomic mass is 79.9. The first kappa shape index (κ1) is 13.0. The largest absolute Gasteiger partial charge is 0.378 e. The van der Waals surface area contributed by atoms with Gasteiger partial charge in [0, 0.05) is 16.4 Å². The van der Waals surface area contributed by atoms with Crippen LogP contribution < -0.4 is 5.32 Å². The molecule has 1 aromatic heterocycles. The Morgan fingerprint density at radius 3 is 2.61 bits per heavy atom. The van der Waals surface area contributed by atoms with E-state index in [4.69, 9.17) is 0 Å². The van der Waals surface area contributed by atoms with Gasteiger partial charge in [-0.15, -0.1) is 0 Å². The number of pyridine rings is 1. The Kier molecular flexibility index (Phi) is 3.91. The van der Waals surface area contributed by atoms with Gasteiger partial charge in [-0.1, -0.05) is 0 Å². The summed E-state index contributed by atoms with van der Waals surface area (Å²) in [5, 5.41) is 3.16. The lowest BCUT2D eigenvalue weighted by atomic mass is 10.1. The first-order valence-corrected chi connectivity index (χ1v) is 6.17. The third-order valence-corrected chi connectivity index (χ3v) is 3.19. The molecule has 0 spiro atoms. The van der Waals surface area contributed by atoms with E-state index in [-0.39, 0.29) is 17.7 Å². The number of aromatic nitrogens is 1. The molecule has 18 heavy (non-hydrogen) atoms. The molecule has 0 saturated heterocycles. The van der Waals surface area contributed by atoms with Crippen LogP contribution in [0.25, 0.3) is 0 Å². The lowest BCUT2D eigenvalue weighted by Gasteiger charge is -2.16. The molecule has 5 heteroatoms. The van der Waals surface area contributed by atoms with Gasteiger partial charge < -0.3 is 5.32 Å². The molecule has 0 saturated carbocycles. The Morgan fingerprint density at radius 1 is 1.17 bits per heavy atom. The predicted octanol–water partition coefficient (Wildman–Crippen LogP) is 4.30. The fourth-order valence-corrected chi connectivity index (χ4v) is 2.05. The number of rotatable bonds is 3. The van der Waals surface area contributed by atoms with Gasteiger partial charge in [0.1, 0.15) is 11.6 Å². The second kappa shape index (κ2) is 5.44. The van der Waals surface area contributed by atoms with Crippen molar-refractivity contribution in [1.82, 2.24) is 4.98 Å². The van der Waals surface area contributed by atoms with Crippen molar-refractivity contribution in [2.24, 2.45) is 0 Å². The smallest absolute Gasteiger partial charge is 0.141 e. The maximum absolute atomic E-state index is 13.0. The van der Waals surface area contributed by atoms with E-state index in [0.29, 0.717) is 4.47 Å². The van der Waals surface area contributed by atoms with Crippen LogP contribution in [0.2, 0.25) is 0 Å². The summed E-state index contributed by atoms with van der Waals surface area (Å²) in [6.07, 6.45) is 2.75. The monoisotopic (exact) mass is 312 g/mol. The first-order chi connectivity index (χ1) is 8.56. The molecule has 1 heterocycles. The summed E-state index contributed by atoms with van der Waals surface area (Å²) < 4.78 is 26.6. The molecule has 0 aliphatic carbocycles. The van der Waals surface area contributed by atoms with Gasteiger partial charge in [-0.3, -0.25) is 4.98 Å². The second-order valence-electron chi connectivity index (χ2n) is 3.93. The summed E-state index contributed by atoms with van der Waals surface area (Å²) in [5.74, 6) is -0.688. The van der Waals surface area contributed by atoms with Crippen LogP contribution in [0.5, 0.6) is 0 Å². The van der Waals surface area contributed by atoms with Gasteiger partial charge in [-0.05, 0) is 52.7 Å². The molecule has 0 radical (unpaired) electrons. The summed E-state index contributed by atoms with van der Waals surface area (Å²) in [6.45, 7) is 1.88. The summed E-state index contributed by atoms with van der Waals surface area (Å²) in [5.41, 5.74) is 1.47. The molecule has 1 N–H and O–H groups in total. The Hall–Kier alpha value is -1.49. The van der Waals surface area contributed by atoms with E-state index >= 15 is 0 Å². The van der Waals surface area contributed by atoms with E-state index in [2.05, 4.69) is 26.2 Å². The van der Waals surface area contributed by atoms with Gasteiger partial charge >= 0.3 is 0 Å². The van der Waals surface area contributed by atoms with E-state index in [0.717, 1.165) is 17.4 Å². The van der Waals surface area contributed by atoms with E-state index in [9.17, 15) is 8.78 Å². The molecule has 1 unspecified atom stereocenters. The summed E-state index contributed by atoms with van der Waals surface area (Å²) in [6, 6.07) is 5.66.